The molecule has 2 heterocycles. The molecule has 4 heteroatoms. The summed E-state index contributed by atoms with van der Waals surface area (Å²) in [5.41, 5.74) is 1.36. The molecule has 0 aromatic carbocycles. The van der Waals surface area contributed by atoms with Gasteiger partial charge in [0, 0.05) is 30.4 Å². The maximum atomic E-state index is 4.82. The molecule has 0 atom stereocenters. The number of thiazole rings is 1. The van der Waals surface area contributed by atoms with Crippen LogP contribution in [0, 0.1) is 0 Å². The van der Waals surface area contributed by atoms with Crippen LogP contribution in [-0.4, -0.2) is 29.0 Å². The van der Waals surface area contributed by atoms with E-state index in [9.17, 15) is 0 Å². The first-order valence-corrected chi connectivity index (χ1v) is 8.64. The van der Waals surface area contributed by atoms with Crippen LogP contribution in [0.25, 0.3) is 0 Å². The average Bonchev–Trinajstić information content (AvgIpc) is 2.82. The fourth-order valence-electron chi connectivity index (χ4n) is 3.24. The molecule has 0 spiro atoms. The van der Waals surface area contributed by atoms with Crippen molar-refractivity contribution in [1.29, 1.82) is 0 Å². The van der Waals surface area contributed by atoms with E-state index in [1.807, 2.05) is 11.3 Å². The standard InChI is InChI=1S/C15H25N3S/c1-2-9-18-10-8-13-14(11-18)19-15(17-13)16-12-6-4-3-5-7-12/h12H,2-11H2,1H3,(H,16,17). The molecule has 1 aliphatic carbocycles. The lowest BCUT2D eigenvalue weighted by Gasteiger charge is -2.24. The van der Waals surface area contributed by atoms with Crippen LogP contribution in [-0.2, 0) is 13.0 Å². The molecule has 1 saturated carbocycles. The molecule has 2 aliphatic rings. The van der Waals surface area contributed by atoms with Crippen molar-refractivity contribution in [3.63, 3.8) is 0 Å². The van der Waals surface area contributed by atoms with Gasteiger partial charge in [-0.05, 0) is 25.8 Å². The average molecular weight is 279 g/mol. The lowest BCUT2D eigenvalue weighted by atomic mass is 9.96. The Morgan fingerprint density at radius 2 is 2.16 bits per heavy atom. The maximum Gasteiger partial charge on any atom is 0.183 e. The maximum absolute atomic E-state index is 4.82. The third-order valence-electron chi connectivity index (χ3n) is 4.28. The summed E-state index contributed by atoms with van der Waals surface area (Å²) in [6, 6.07) is 0.674. The van der Waals surface area contributed by atoms with Crippen molar-refractivity contribution in [2.24, 2.45) is 0 Å². The third-order valence-corrected chi connectivity index (χ3v) is 5.30. The number of anilines is 1. The molecule has 19 heavy (non-hydrogen) atoms. The van der Waals surface area contributed by atoms with Crippen LogP contribution < -0.4 is 5.32 Å². The van der Waals surface area contributed by atoms with Crippen LogP contribution in [0.3, 0.4) is 0 Å². The predicted octanol–water partition coefficient (Wildman–Crippen LogP) is 3.66. The first kappa shape index (κ1) is 13.4. The number of aromatic nitrogens is 1. The van der Waals surface area contributed by atoms with Crippen LogP contribution in [0.15, 0.2) is 0 Å². The first-order valence-electron chi connectivity index (χ1n) is 7.82. The topological polar surface area (TPSA) is 28.2 Å². The summed E-state index contributed by atoms with van der Waals surface area (Å²) in [7, 11) is 0. The Hall–Kier alpha value is -0.610. The highest BCUT2D eigenvalue weighted by Crippen LogP contribution is 2.30. The largest absolute Gasteiger partial charge is 0.359 e. The lowest BCUT2D eigenvalue weighted by Crippen LogP contribution is -2.30. The minimum Gasteiger partial charge on any atom is -0.359 e. The molecule has 3 rings (SSSR count). The van der Waals surface area contributed by atoms with Gasteiger partial charge in [0.25, 0.3) is 0 Å². The highest BCUT2D eigenvalue weighted by atomic mass is 32.1. The molecular formula is C15H25N3S. The quantitative estimate of drug-likeness (QED) is 0.911. The molecule has 1 N–H and O–H groups in total. The number of nitrogens with one attached hydrogen (secondary N) is 1. The van der Waals surface area contributed by atoms with Gasteiger partial charge < -0.3 is 5.32 Å². The SMILES string of the molecule is CCCN1CCc2nc(NC3CCCCC3)sc2C1. The minimum atomic E-state index is 0.674. The summed E-state index contributed by atoms with van der Waals surface area (Å²) in [4.78, 5) is 8.88. The van der Waals surface area contributed by atoms with E-state index in [-0.39, 0.29) is 0 Å². The molecule has 1 aliphatic heterocycles. The normalized spacial score (nSPS) is 21.3. The molecule has 3 nitrogen and oxygen atoms in total. The zero-order valence-corrected chi connectivity index (χ0v) is 12.8. The van der Waals surface area contributed by atoms with Gasteiger partial charge in [0.1, 0.15) is 0 Å². The Kier molecular flexibility index (Phi) is 4.38. The van der Waals surface area contributed by atoms with Crippen LogP contribution in [0.2, 0.25) is 0 Å². The predicted molar refractivity (Wildman–Crippen MR) is 81.9 cm³/mol. The zero-order valence-electron chi connectivity index (χ0n) is 12.0. The third kappa shape index (κ3) is 3.29. The van der Waals surface area contributed by atoms with E-state index < -0.39 is 0 Å². The van der Waals surface area contributed by atoms with Gasteiger partial charge in [-0.25, -0.2) is 4.98 Å². The van der Waals surface area contributed by atoms with Gasteiger partial charge in [0.15, 0.2) is 5.13 Å². The van der Waals surface area contributed by atoms with E-state index in [1.165, 1.54) is 67.3 Å². The van der Waals surface area contributed by atoms with E-state index in [1.54, 1.807) is 0 Å². The monoisotopic (exact) mass is 279 g/mol. The van der Waals surface area contributed by atoms with Crippen molar-refractivity contribution in [1.82, 2.24) is 9.88 Å². The molecule has 0 bridgehead atoms. The van der Waals surface area contributed by atoms with E-state index in [4.69, 9.17) is 4.98 Å². The summed E-state index contributed by atoms with van der Waals surface area (Å²) >= 11 is 1.89. The molecular weight excluding hydrogens is 254 g/mol. The first-order chi connectivity index (χ1) is 9.35. The smallest absolute Gasteiger partial charge is 0.183 e. The van der Waals surface area contributed by atoms with E-state index in [0.717, 1.165) is 13.0 Å². The van der Waals surface area contributed by atoms with Crippen LogP contribution >= 0.6 is 11.3 Å². The second kappa shape index (κ2) is 6.23. The van der Waals surface area contributed by atoms with Crippen molar-refractivity contribution in [2.75, 3.05) is 18.4 Å². The van der Waals surface area contributed by atoms with Gasteiger partial charge in [0.2, 0.25) is 0 Å². The van der Waals surface area contributed by atoms with E-state index in [0.29, 0.717) is 6.04 Å². The molecule has 0 amide bonds. The van der Waals surface area contributed by atoms with Crippen molar-refractivity contribution < 1.29 is 0 Å². The van der Waals surface area contributed by atoms with Gasteiger partial charge in [-0.1, -0.05) is 26.2 Å². The minimum absolute atomic E-state index is 0.674. The van der Waals surface area contributed by atoms with Crippen LogP contribution in [0.1, 0.15) is 56.0 Å². The number of hydrogen-bond donors (Lipinski definition) is 1. The summed E-state index contributed by atoms with van der Waals surface area (Å²) in [5.74, 6) is 0. The molecule has 1 fully saturated rings. The van der Waals surface area contributed by atoms with Gasteiger partial charge in [0.05, 0.1) is 5.69 Å². The Morgan fingerprint density at radius 3 is 2.95 bits per heavy atom. The van der Waals surface area contributed by atoms with E-state index in [2.05, 4.69) is 17.1 Å². The summed E-state index contributed by atoms with van der Waals surface area (Å²) in [6.07, 6.45) is 9.22. The Morgan fingerprint density at radius 1 is 1.32 bits per heavy atom. The van der Waals surface area contributed by atoms with Crippen molar-refractivity contribution >= 4 is 16.5 Å². The highest BCUT2D eigenvalue weighted by molar-refractivity contribution is 7.15. The zero-order chi connectivity index (χ0) is 13.1. The lowest BCUT2D eigenvalue weighted by molar-refractivity contribution is 0.256. The fraction of sp³-hybridized carbons (Fsp3) is 0.800. The van der Waals surface area contributed by atoms with Crippen LogP contribution in [0.4, 0.5) is 5.13 Å². The fourth-order valence-corrected chi connectivity index (χ4v) is 4.37. The molecule has 0 unspecified atom stereocenters. The van der Waals surface area contributed by atoms with Gasteiger partial charge in [-0.3, -0.25) is 4.90 Å². The van der Waals surface area contributed by atoms with Crippen molar-refractivity contribution in [3.8, 4) is 0 Å². The Labute approximate surface area is 120 Å². The molecule has 1 aromatic heterocycles. The Balaban J connectivity index is 1.62. The Bertz CT molecular complexity index is 410. The molecule has 0 radical (unpaired) electrons. The number of hydrogen-bond acceptors (Lipinski definition) is 4. The molecule has 0 saturated heterocycles. The van der Waals surface area contributed by atoms with E-state index >= 15 is 0 Å². The molecule has 1 aromatic rings. The van der Waals surface area contributed by atoms with Gasteiger partial charge in [-0.15, -0.1) is 11.3 Å². The highest BCUT2D eigenvalue weighted by Gasteiger charge is 2.21. The van der Waals surface area contributed by atoms with Gasteiger partial charge in [-0.2, -0.15) is 0 Å². The summed E-state index contributed by atoms with van der Waals surface area (Å²) < 4.78 is 0. The molecule has 106 valence electrons. The number of rotatable bonds is 4. The second-order valence-electron chi connectivity index (χ2n) is 5.89. The number of fused-ring (bicyclic) bond motifs is 1. The number of nitrogens with zero attached hydrogens (tertiary/aromatic N) is 2. The summed E-state index contributed by atoms with van der Waals surface area (Å²) in [5, 5.41) is 4.85. The van der Waals surface area contributed by atoms with Crippen molar-refractivity contribution in [3.05, 3.63) is 10.6 Å². The second-order valence-corrected chi connectivity index (χ2v) is 6.98. The van der Waals surface area contributed by atoms with Crippen molar-refractivity contribution in [2.45, 2.75) is 64.5 Å². The van der Waals surface area contributed by atoms with Crippen LogP contribution in [0.5, 0.6) is 0 Å². The summed E-state index contributed by atoms with van der Waals surface area (Å²) in [6.45, 7) is 5.79. The van der Waals surface area contributed by atoms with Gasteiger partial charge >= 0.3 is 0 Å².